The molecule has 2 amide bonds. The number of benzene rings is 1. The molecule has 1 saturated heterocycles. The number of nitrogens with one attached hydrogen (secondary N) is 2. The Balaban J connectivity index is 1.81. The molecule has 0 spiro atoms. The molecule has 1 heterocycles. The maximum absolute atomic E-state index is 12.1. The van der Waals surface area contributed by atoms with E-state index in [9.17, 15) is 9.59 Å². The third kappa shape index (κ3) is 3.81. The topological polar surface area (TPSA) is 61.4 Å². The Bertz CT molecular complexity index is 455. The smallest absolute Gasteiger partial charge is 0.251 e. The molecule has 0 radical (unpaired) electrons. The Morgan fingerprint density at radius 3 is 2.75 bits per heavy atom. The number of piperidine rings is 1. The SMILES string of the molecule is CN(C(=O)CNC(=O)c1ccccc1)C1CCCNC1. The number of likely N-dealkylation sites (N-methyl/N-ethyl adjacent to an activating group) is 1. The summed E-state index contributed by atoms with van der Waals surface area (Å²) < 4.78 is 0. The second kappa shape index (κ2) is 7.05. The summed E-state index contributed by atoms with van der Waals surface area (Å²) in [5, 5.41) is 5.95. The highest BCUT2D eigenvalue weighted by atomic mass is 16.2. The minimum Gasteiger partial charge on any atom is -0.343 e. The Hall–Kier alpha value is -1.88. The van der Waals surface area contributed by atoms with E-state index in [0.717, 1.165) is 25.9 Å². The summed E-state index contributed by atoms with van der Waals surface area (Å²) in [7, 11) is 1.80. The van der Waals surface area contributed by atoms with E-state index in [1.807, 2.05) is 6.07 Å². The largest absolute Gasteiger partial charge is 0.343 e. The van der Waals surface area contributed by atoms with Crippen LogP contribution in [0.5, 0.6) is 0 Å². The van der Waals surface area contributed by atoms with E-state index >= 15 is 0 Å². The molecule has 1 atom stereocenters. The zero-order valence-electron chi connectivity index (χ0n) is 11.8. The van der Waals surface area contributed by atoms with Gasteiger partial charge in [0.2, 0.25) is 5.91 Å². The van der Waals surface area contributed by atoms with Gasteiger partial charge in [-0.2, -0.15) is 0 Å². The first-order valence-electron chi connectivity index (χ1n) is 6.98. The lowest BCUT2D eigenvalue weighted by atomic mass is 10.1. The van der Waals surface area contributed by atoms with E-state index in [1.54, 1.807) is 36.2 Å². The lowest BCUT2D eigenvalue weighted by molar-refractivity contribution is -0.131. The van der Waals surface area contributed by atoms with Gasteiger partial charge in [0, 0.05) is 25.2 Å². The molecule has 5 nitrogen and oxygen atoms in total. The van der Waals surface area contributed by atoms with Crippen molar-refractivity contribution in [3.05, 3.63) is 35.9 Å². The highest BCUT2D eigenvalue weighted by molar-refractivity contribution is 5.96. The predicted octanol–water partition coefficient (Wildman–Crippen LogP) is 0.627. The number of amides is 2. The highest BCUT2D eigenvalue weighted by Gasteiger charge is 2.21. The summed E-state index contributed by atoms with van der Waals surface area (Å²) in [5.74, 6) is -0.267. The van der Waals surface area contributed by atoms with E-state index in [4.69, 9.17) is 0 Å². The summed E-state index contributed by atoms with van der Waals surface area (Å²) in [5.41, 5.74) is 0.572. The molecular formula is C15H21N3O2. The first kappa shape index (κ1) is 14.5. The average Bonchev–Trinajstić information content (AvgIpc) is 2.53. The molecule has 0 aromatic heterocycles. The van der Waals surface area contributed by atoms with E-state index in [0.29, 0.717) is 5.56 Å². The van der Waals surface area contributed by atoms with Crippen LogP contribution < -0.4 is 10.6 Å². The quantitative estimate of drug-likeness (QED) is 0.847. The summed E-state index contributed by atoms with van der Waals surface area (Å²) >= 11 is 0. The molecule has 108 valence electrons. The Morgan fingerprint density at radius 2 is 2.10 bits per heavy atom. The molecule has 20 heavy (non-hydrogen) atoms. The van der Waals surface area contributed by atoms with Crippen molar-refractivity contribution in [1.82, 2.24) is 15.5 Å². The van der Waals surface area contributed by atoms with Gasteiger partial charge in [-0.25, -0.2) is 0 Å². The van der Waals surface area contributed by atoms with Crippen LogP contribution in [-0.4, -0.2) is 49.4 Å². The van der Waals surface area contributed by atoms with E-state index in [-0.39, 0.29) is 24.4 Å². The number of hydrogen-bond acceptors (Lipinski definition) is 3. The zero-order valence-corrected chi connectivity index (χ0v) is 11.8. The fourth-order valence-electron chi connectivity index (χ4n) is 2.34. The van der Waals surface area contributed by atoms with Gasteiger partial charge in [0.15, 0.2) is 0 Å². The first-order chi connectivity index (χ1) is 9.68. The molecule has 1 aliphatic heterocycles. The maximum Gasteiger partial charge on any atom is 0.251 e. The maximum atomic E-state index is 12.1. The van der Waals surface area contributed by atoms with Crippen LogP contribution in [0.15, 0.2) is 30.3 Å². The average molecular weight is 275 g/mol. The molecular weight excluding hydrogens is 254 g/mol. The van der Waals surface area contributed by atoms with E-state index in [1.165, 1.54) is 0 Å². The van der Waals surface area contributed by atoms with Crippen molar-refractivity contribution in [3.63, 3.8) is 0 Å². The predicted molar refractivity (Wildman–Crippen MR) is 77.4 cm³/mol. The lowest BCUT2D eigenvalue weighted by Crippen LogP contribution is -2.49. The number of carbonyl (C=O) groups is 2. The van der Waals surface area contributed by atoms with Crippen LogP contribution in [0.3, 0.4) is 0 Å². The molecule has 1 aliphatic rings. The lowest BCUT2D eigenvalue weighted by Gasteiger charge is -2.31. The number of rotatable bonds is 4. The normalized spacial score (nSPS) is 18.4. The van der Waals surface area contributed by atoms with Crippen LogP contribution in [-0.2, 0) is 4.79 Å². The monoisotopic (exact) mass is 275 g/mol. The Morgan fingerprint density at radius 1 is 1.35 bits per heavy atom. The van der Waals surface area contributed by atoms with Crippen LogP contribution in [0, 0.1) is 0 Å². The van der Waals surface area contributed by atoms with Gasteiger partial charge in [-0.05, 0) is 31.5 Å². The van der Waals surface area contributed by atoms with Gasteiger partial charge in [0.25, 0.3) is 5.91 Å². The first-order valence-corrected chi connectivity index (χ1v) is 6.98. The van der Waals surface area contributed by atoms with Crippen molar-refractivity contribution in [3.8, 4) is 0 Å². The van der Waals surface area contributed by atoms with Gasteiger partial charge in [0.05, 0.1) is 6.54 Å². The summed E-state index contributed by atoms with van der Waals surface area (Å²) in [6.45, 7) is 1.89. The van der Waals surface area contributed by atoms with Gasteiger partial charge in [-0.15, -0.1) is 0 Å². The standard InChI is InChI=1S/C15H21N3O2/c1-18(13-8-5-9-16-10-13)14(19)11-17-15(20)12-6-3-2-4-7-12/h2-4,6-7,13,16H,5,8-11H2,1H3,(H,17,20). The van der Waals surface area contributed by atoms with Crippen LogP contribution in [0.2, 0.25) is 0 Å². The van der Waals surface area contributed by atoms with Crippen LogP contribution >= 0.6 is 0 Å². The third-order valence-electron chi connectivity index (χ3n) is 3.65. The number of nitrogens with zero attached hydrogens (tertiary/aromatic N) is 1. The van der Waals surface area contributed by atoms with E-state index < -0.39 is 0 Å². The summed E-state index contributed by atoms with van der Waals surface area (Å²) in [4.78, 5) is 25.6. The minimum absolute atomic E-state index is 0.0424. The van der Waals surface area contributed by atoms with Gasteiger partial charge in [0.1, 0.15) is 0 Å². The van der Waals surface area contributed by atoms with Gasteiger partial charge in [-0.3, -0.25) is 9.59 Å². The minimum atomic E-state index is -0.214. The molecule has 0 bridgehead atoms. The number of hydrogen-bond donors (Lipinski definition) is 2. The van der Waals surface area contributed by atoms with Crippen molar-refractivity contribution in [1.29, 1.82) is 0 Å². The van der Waals surface area contributed by atoms with Crippen molar-refractivity contribution >= 4 is 11.8 Å². The number of carbonyl (C=O) groups excluding carboxylic acids is 2. The molecule has 2 rings (SSSR count). The second-order valence-corrected chi connectivity index (χ2v) is 5.05. The second-order valence-electron chi connectivity index (χ2n) is 5.05. The third-order valence-corrected chi connectivity index (χ3v) is 3.65. The Labute approximate surface area is 119 Å². The molecule has 0 aliphatic carbocycles. The Kier molecular flexibility index (Phi) is 5.12. The molecule has 1 aromatic rings. The molecule has 2 N–H and O–H groups in total. The highest BCUT2D eigenvalue weighted by Crippen LogP contribution is 2.08. The van der Waals surface area contributed by atoms with Crippen LogP contribution in [0.1, 0.15) is 23.2 Å². The summed E-state index contributed by atoms with van der Waals surface area (Å²) in [6, 6.07) is 9.15. The van der Waals surface area contributed by atoms with Crippen molar-refractivity contribution < 1.29 is 9.59 Å². The fraction of sp³-hybridized carbons (Fsp3) is 0.467. The summed E-state index contributed by atoms with van der Waals surface area (Å²) in [6.07, 6.45) is 2.10. The van der Waals surface area contributed by atoms with Crippen molar-refractivity contribution in [2.75, 3.05) is 26.7 Å². The molecule has 1 fully saturated rings. The van der Waals surface area contributed by atoms with E-state index in [2.05, 4.69) is 10.6 Å². The fourth-order valence-corrected chi connectivity index (χ4v) is 2.34. The van der Waals surface area contributed by atoms with Gasteiger partial charge >= 0.3 is 0 Å². The van der Waals surface area contributed by atoms with Gasteiger partial charge < -0.3 is 15.5 Å². The van der Waals surface area contributed by atoms with Crippen LogP contribution in [0.25, 0.3) is 0 Å². The van der Waals surface area contributed by atoms with Gasteiger partial charge in [-0.1, -0.05) is 18.2 Å². The molecule has 1 aromatic carbocycles. The zero-order chi connectivity index (χ0) is 14.4. The van der Waals surface area contributed by atoms with Crippen LogP contribution in [0.4, 0.5) is 0 Å². The molecule has 1 unspecified atom stereocenters. The molecule has 0 saturated carbocycles. The molecule has 5 heteroatoms. The van der Waals surface area contributed by atoms with Crippen molar-refractivity contribution in [2.24, 2.45) is 0 Å². The van der Waals surface area contributed by atoms with Crippen molar-refractivity contribution in [2.45, 2.75) is 18.9 Å².